The molecule has 0 saturated heterocycles. The van der Waals surface area contributed by atoms with Crippen molar-refractivity contribution < 1.29 is 4.74 Å². The Hall–Kier alpha value is -0.940. The van der Waals surface area contributed by atoms with E-state index in [1.54, 1.807) is 7.11 Å². The van der Waals surface area contributed by atoms with Gasteiger partial charge in [-0.25, -0.2) is 0 Å². The van der Waals surface area contributed by atoms with Crippen LogP contribution in [0, 0.1) is 0 Å². The van der Waals surface area contributed by atoms with Gasteiger partial charge in [0.05, 0.1) is 7.11 Å². The maximum absolute atomic E-state index is 4.80. The molecule has 0 amide bonds. The Kier molecular flexibility index (Phi) is 1.01. The lowest BCUT2D eigenvalue weighted by Gasteiger charge is -1.88. The SMILES string of the molecule is COC1=C=CC=C1. The summed E-state index contributed by atoms with van der Waals surface area (Å²) in [6, 6.07) is 0. The summed E-state index contributed by atoms with van der Waals surface area (Å²) in [5.41, 5.74) is 2.86. The number of methoxy groups -OCH3 is 1. The molecule has 0 saturated carbocycles. The van der Waals surface area contributed by atoms with Gasteiger partial charge in [-0.15, -0.1) is 0 Å². The molecule has 0 heterocycles. The fourth-order valence-corrected chi connectivity index (χ4v) is 0.441. The molecule has 0 fully saturated rings. The summed E-state index contributed by atoms with van der Waals surface area (Å²) < 4.78 is 4.80. The first-order valence-corrected chi connectivity index (χ1v) is 2.11. The Morgan fingerprint density at radius 3 is 2.86 bits per heavy atom. The summed E-state index contributed by atoms with van der Waals surface area (Å²) in [6.45, 7) is 0. The van der Waals surface area contributed by atoms with E-state index in [2.05, 4.69) is 5.73 Å². The van der Waals surface area contributed by atoms with Crippen molar-refractivity contribution >= 4 is 0 Å². The van der Waals surface area contributed by atoms with E-state index in [0.717, 1.165) is 5.76 Å². The van der Waals surface area contributed by atoms with Crippen LogP contribution in [0.2, 0.25) is 0 Å². The maximum atomic E-state index is 4.80. The largest absolute Gasteiger partial charge is 0.489 e. The smallest absolute Gasteiger partial charge is 0.161 e. The molecule has 7 heavy (non-hydrogen) atoms. The average molecular weight is 94.1 g/mol. The van der Waals surface area contributed by atoms with Gasteiger partial charge in [-0.1, -0.05) is 11.8 Å². The first-order valence-electron chi connectivity index (χ1n) is 2.11. The van der Waals surface area contributed by atoms with E-state index in [9.17, 15) is 0 Å². The van der Waals surface area contributed by atoms with Crippen molar-refractivity contribution in [3.8, 4) is 0 Å². The molecule has 0 aromatic heterocycles. The molecule has 0 N–H and O–H groups in total. The zero-order valence-electron chi connectivity index (χ0n) is 4.14. The van der Waals surface area contributed by atoms with E-state index in [1.165, 1.54) is 0 Å². The van der Waals surface area contributed by atoms with Crippen LogP contribution in [0.25, 0.3) is 0 Å². The second-order valence-corrected chi connectivity index (χ2v) is 1.24. The van der Waals surface area contributed by atoms with Gasteiger partial charge >= 0.3 is 0 Å². The van der Waals surface area contributed by atoms with Crippen LogP contribution >= 0.6 is 0 Å². The Bertz CT molecular complexity index is 148. The van der Waals surface area contributed by atoms with E-state index >= 15 is 0 Å². The van der Waals surface area contributed by atoms with Crippen molar-refractivity contribution in [2.75, 3.05) is 7.11 Å². The predicted molar refractivity (Wildman–Crippen MR) is 27.7 cm³/mol. The molecular weight excluding hydrogens is 88.1 g/mol. The quantitative estimate of drug-likeness (QED) is 0.444. The minimum atomic E-state index is 0.806. The van der Waals surface area contributed by atoms with Gasteiger partial charge in [0.25, 0.3) is 0 Å². The number of allylic oxidation sites excluding steroid dienone is 2. The van der Waals surface area contributed by atoms with Crippen molar-refractivity contribution in [3.63, 3.8) is 0 Å². The lowest BCUT2D eigenvalue weighted by atomic mass is 10.5. The van der Waals surface area contributed by atoms with E-state index in [4.69, 9.17) is 4.74 Å². The highest BCUT2D eigenvalue weighted by atomic mass is 16.5. The van der Waals surface area contributed by atoms with Crippen LogP contribution in [0.5, 0.6) is 0 Å². The van der Waals surface area contributed by atoms with Crippen LogP contribution in [0.15, 0.2) is 29.7 Å². The first-order chi connectivity index (χ1) is 3.43. The summed E-state index contributed by atoms with van der Waals surface area (Å²) in [5.74, 6) is 0.806. The van der Waals surface area contributed by atoms with Gasteiger partial charge in [0.2, 0.25) is 0 Å². The molecule has 1 nitrogen and oxygen atoms in total. The van der Waals surface area contributed by atoms with E-state index in [-0.39, 0.29) is 0 Å². The zero-order chi connectivity index (χ0) is 5.11. The molecule has 1 aliphatic rings. The molecule has 1 rings (SSSR count). The Morgan fingerprint density at radius 1 is 1.71 bits per heavy atom. The Labute approximate surface area is 42.6 Å². The summed E-state index contributed by atoms with van der Waals surface area (Å²) in [4.78, 5) is 0. The van der Waals surface area contributed by atoms with Crippen LogP contribution in [-0.2, 0) is 4.74 Å². The highest BCUT2D eigenvalue weighted by Crippen LogP contribution is 1.99. The third kappa shape index (κ3) is 0.729. The standard InChI is InChI=1S/C6H6O/c1-7-6-4-2-3-5-6/h2-4H,1H3. The first kappa shape index (κ1) is 4.23. The Morgan fingerprint density at radius 2 is 2.57 bits per heavy atom. The molecule has 0 aromatic rings. The van der Waals surface area contributed by atoms with Crippen molar-refractivity contribution in [2.24, 2.45) is 0 Å². The van der Waals surface area contributed by atoms with Crippen LogP contribution in [0.3, 0.4) is 0 Å². The maximum Gasteiger partial charge on any atom is 0.161 e. The number of ether oxygens (including phenoxy) is 1. The lowest BCUT2D eigenvalue weighted by molar-refractivity contribution is 0.309. The van der Waals surface area contributed by atoms with E-state index in [0.29, 0.717) is 0 Å². The fourth-order valence-electron chi connectivity index (χ4n) is 0.441. The molecule has 0 spiro atoms. The van der Waals surface area contributed by atoms with Crippen molar-refractivity contribution in [1.82, 2.24) is 0 Å². The van der Waals surface area contributed by atoms with Crippen molar-refractivity contribution in [1.29, 1.82) is 0 Å². The summed E-state index contributed by atoms with van der Waals surface area (Å²) in [7, 11) is 1.63. The molecular formula is C6H6O. The predicted octanol–water partition coefficient (Wildman–Crippen LogP) is 1.24. The number of rotatable bonds is 1. The van der Waals surface area contributed by atoms with Gasteiger partial charge in [0, 0.05) is 0 Å². The van der Waals surface area contributed by atoms with Gasteiger partial charge in [-0.2, -0.15) is 0 Å². The lowest BCUT2D eigenvalue weighted by Crippen LogP contribution is -1.73. The third-order valence-electron chi connectivity index (χ3n) is 0.789. The van der Waals surface area contributed by atoms with Crippen molar-refractivity contribution in [3.05, 3.63) is 29.7 Å². The van der Waals surface area contributed by atoms with Gasteiger partial charge in [0.1, 0.15) is 0 Å². The molecule has 1 heteroatoms. The minimum absolute atomic E-state index is 0.806. The second kappa shape index (κ2) is 1.67. The third-order valence-corrected chi connectivity index (χ3v) is 0.789. The molecule has 36 valence electrons. The van der Waals surface area contributed by atoms with Crippen LogP contribution in [0.1, 0.15) is 0 Å². The number of hydrogen-bond donors (Lipinski definition) is 0. The molecule has 0 bridgehead atoms. The van der Waals surface area contributed by atoms with Gasteiger partial charge in [-0.3, -0.25) is 0 Å². The van der Waals surface area contributed by atoms with Crippen LogP contribution in [-0.4, -0.2) is 7.11 Å². The van der Waals surface area contributed by atoms with Crippen molar-refractivity contribution in [2.45, 2.75) is 0 Å². The molecule has 0 aromatic carbocycles. The highest BCUT2D eigenvalue weighted by Gasteiger charge is 1.85. The summed E-state index contributed by atoms with van der Waals surface area (Å²) in [5, 5.41) is 0. The molecule has 1 aliphatic carbocycles. The molecule has 0 radical (unpaired) electrons. The van der Waals surface area contributed by atoms with Gasteiger partial charge in [0.15, 0.2) is 5.76 Å². The van der Waals surface area contributed by atoms with Gasteiger partial charge < -0.3 is 4.74 Å². The second-order valence-electron chi connectivity index (χ2n) is 1.24. The van der Waals surface area contributed by atoms with Gasteiger partial charge in [-0.05, 0) is 12.2 Å². The molecule has 0 atom stereocenters. The summed E-state index contributed by atoms with van der Waals surface area (Å²) in [6.07, 6.45) is 5.57. The summed E-state index contributed by atoms with van der Waals surface area (Å²) >= 11 is 0. The Balaban J connectivity index is 2.72. The number of hydrogen-bond acceptors (Lipinski definition) is 1. The van der Waals surface area contributed by atoms with Crippen LogP contribution < -0.4 is 0 Å². The topological polar surface area (TPSA) is 9.23 Å². The highest BCUT2D eigenvalue weighted by molar-refractivity contribution is 5.23. The van der Waals surface area contributed by atoms with E-state index < -0.39 is 0 Å². The van der Waals surface area contributed by atoms with E-state index in [1.807, 2.05) is 18.2 Å². The monoisotopic (exact) mass is 94.0 g/mol. The zero-order valence-corrected chi connectivity index (χ0v) is 4.14. The van der Waals surface area contributed by atoms with Crippen LogP contribution in [0.4, 0.5) is 0 Å². The average Bonchev–Trinajstić information content (AvgIpc) is 2.14. The fraction of sp³-hybridized carbons (Fsp3) is 0.167. The molecule has 0 unspecified atom stereocenters. The minimum Gasteiger partial charge on any atom is -0.489 e. The normalized spacial score (nSPS) is 14.7. The molecule has 0 aliphatic heterocycles.